The van der Waals surface area contributed by atoms with E-state index in [2.05, 4.69) is 47.0 Å². The molecule has 0 aliphatic rings. The van der Waals surface area contributed by atoms with Crippen LogP contribution in [0.4, 0.5) is 0 Å². The molecule has 5 rings (SSSR count). The molecule has 3 aromatic heterocycles. The number of hydrogen-bond acceptors (Lipinski definition) is 4. The smallest absolute Gasteiger partial charge is 0.512 e. The third kappa shape index (κ3) is 6.60. The van der Waals surface area contributed by atoms with Crippen LogP contribution in [0.2, 0.25) is 0 Å². The average molecular weight is 638 g/mol. The molecule has 6 nitrogen and oxygen atoms in total. The molecule has 0 aliphatic carbocycles. The second-order valence-corrected chi connectivity index (χ2v) is 7.60. The van der Waals surface area contributed by atoms with E-state index >= 15 is 0 Å². The van der Waals surface area contributed by atoms with Crippen LogP contribution in [0.3, 0.4) is 0 Å². The average Bonchev–Trinajstić information content (AvgIpc) is 3.50. The molecule has 176 valence electrons. The van der Waals surface area contributed by atoms with Crippen LogP contribution in [0, 0.1) is 37.8 Å². The molecule has 0 unspecified atom stereocenters. The van der Waals surface area contributed by atoms with Crippen molar-refractivity contribution in [3.63, 3.8) is 0 Å². The van der Waals surface area contributed by atoms with Gasteiger partial charge in [0.05, 0.1) is 11.6 Å². The quantitative estimate of drug-likeness (QED) is 0.244. The number of pyridine rings is 1. The number of nitrogens with zero attached hydrogens (tertiary/aromatic N) is 6. The Morgan fingerprint density at radius 2 is 1.34 bits per heavy atom. The third-order valence-electron chi connectivity index (χ3n) is 5.21. The standard InChI is InChI=1S/C16H17N4.C11H8N.CN.Ir/c1-11-9-12(2)14(16-18-6-8-20(16)4)10-13(11)15-17-5-7-19(15)3;1-2-6-10(7-3-1)11-8-4-5-9-12-11;1-2;/h5-9H,1-4H3;1-6,8-9H;;/q3*-1;+3. The topological polar surface area (TPSA) is 72.3 Å². The fraction of sp³-hybridized carbons (Fsp3) is 0.143. The van der Waals surface area contributed by atoms with Crippen molar-refractivity contribution >= 4 is 0 Å². The van der Waals surface area contributed by atoms with Gasteiger partial charge < -0.3 is 26.0 Å². The van der Waals surface area contributed by atoms with Crippen molar-refractivity contribution in [2.24, 2.45) is 14.1 Å². The van der Waals surface area contributed by atoms with Crippen molar-refractivity contribution in [1.82, 2.24) is 24.1 Å². The van der Waals surface area contributed by atoms with Gasteiger partial charge in [-0.2, -0.15) is 0 Å². The van der Waals surface area contributed by atoms with Gasteiger partial charge in [0, 0.05) is 45.1 Å². The summed E-state index contributed by atoms with van der Waals surface area (Å²) in [5, 5.41) is 6.25. The molecule has 3 heterocycles. The largest absolute Gasteiger partial charge is 3.00 e. The summed E-state index contributed by atoms with van der Waals surface area (Å²) >= 11 is 0. The Hall–Kier alpha value is -3.85. The molecule has 0 spiro atoms. The molecule has 0 amide bonds. The Balaban J connectivity index is 0.000000247. The van der Waals surface area contributed by atoms with Gasteiger partial charge in [0.1, 0.15) is 0 Å². The van der Waals surface area contributed by atoms with E-state index in [-0.39, 0.29) is 20.1 Å². The van der Waals surface area contributed by atoms with E-state index in [1.165, 1.54) is 11.1 Å². The van der Waals surface area contributed by atoms with Gasteiger partial charge in [-0.1, -0.05) is 37.1 Å². The molecule has 35 heavy (non-hydrogen) atoms. The SMILES string of the molecule is Cc1cc(C)c(-c2nccn2C)[c-]c1-c1nccn1C.[C-]#N.[Ir+3].[c-]1ccccc1-c1ccccn1. The van der Waals surface area contributed by atoms with E-state index in [9.17, 15) is 0 Å². The van der Waals surface area contributed by atoms with Gasteiger partial charge in [-0.25, -0.2) is 0 Å². The van der Waals surface area contributed by atoms with E-state index in [1.807, 2.05) is 90.5 Å². The van der Waals surface area contributed by atoms with Crippen LogP contribution in [0.25, 0.3) is 34.0 Å². The molecule has 0 bridgehead atoms. The van der Waals surface area contributed by atoms with E-state index in [4.69, 9.17) is 11.8 Å². The number of aromatic nitrogens is 5. The maximum atomic E-state index is 6.25. The summed E-state index contributed by atoms with van der Waals surface area (Å²) < 4.78 is 4.02. The minimum atomic E-state index is 0. The van der Waals surface area contributed by atoms with Crippen LogP contribution < -0.4 is 0 Å². The zero-order chi connectivity index (χ0) is 24.5. The van der Waals surface area contributed by atoms with Gasteiger partial charge in [0.25, 0.3) is 0 Å². The fourth-order valence-corrected chi connectivity index (χ4v) is 3.54. The number of hydrogen-bond donors (Lipinski definition) is 0. The first-order valence-electron chi connectivity index (χ1n) is 10.6. The first kappa shape index (κ1) is 27.4. The molecule has 0 saturated carbocycles. The van der Waals surface area contributed by atoms with Gasteiger partial charge in [-0.3, -0.25) is 9.97 Å². The van der Waals surface area contributed by atoms with Crippen molar-refractivity contribution < 1.29 is 20.1 Å². The molecular weight excluding hydrogens is 613 g/mol. The molecule has 0 saturated heterocycles. The number of imidazole rings is 2. The Morgan fingerprint density at radius 1 is 0.771 bits per heavy atom. The summed E-state index contributed by atoms with van der Waals surface area (Å²) in [4.78, 5) is 13.1. The maximum absolute atomic E-state index is 6.25. The second kappa shape index (κ2) is 13.1. The molecule has 0 radical (unpaired) electrons. The Morgan fingerprint density at radius 3 is 1.77 bits per heavy atom. The summed E-state index contributed by atoms with van der Waals surface area (Å²) in [7, 11) is 3.99. The monoisotopic (exact) mass is 638 g/mol. The Kier molecular flexibility index (Phi) is 10.3. The molecule has 0 atom stereocenters. The minimum absolute atomic E-state index is 0. The van der Waals surface area contributed by atoms with Gasteiger partial charge in [0.15, 0.2) is 0 Å². The van der Waals surface area contributed by atoms with Crippen LogP contribution in [0.15, 0.2) is 79.5 Å². The van der Waals surface area contributed by atoms with Crippen molar-refractivity contribution in [2.75, 3.05) is 0 Å². The number of benzene rings is 2. The predicted molar refractivity (Wildman–Crippen MR) is 133 cm³/mol. The van der Waals surface area contributed by atoms with Crippen LogP contribution in [-0.2, 0) is 34.2 Å². The van der Waals surface area contributed by atoms with E-state index in [0.717, 1.165) is 34.0 Å². The maximum Gasteiger partial charge on any atom is 3.00 e. The second-order valence-electron chi connectivity index (χ2n) is 7.60. The zero-order valence-corrected chi connectivity index (χ0v) is 22.4. The fourth-order valence-electron chi connectivity index (χ4n) is 3.54. The number of aryl methyl sites for hydroxylation is 4. The van der Waals surface area contributed by atoms with E-state index in [0.29, 0.717) is 0 Å². The van der Waals surface area contributed by atoms with Crippen LogP contribution in [-0.4, -0.2) is 24.1 Å². The summed E-state index contributed by atoms with van der Waals surface area (Å²) in [5.41, 5.74) is 6.42. The summed E-state index contributed by atoms with van der Waals surface area (Å²) in [6.45, 7) is 8.94. The van der Waals surface area contributed by atoms with E-state index in [1.54, 1.807) is 6.20 Å². The van der Waals surface area contributed by atoms with E-state index < -0.39 is 0 Å². The molecule has 0 N–H and O–H groups in total. The Labute approximate surface area is 220 Å². The molecular formula is C28H25IrN6. The van der Waals surface area contributed by atoms with Gasteiger partial charge >= 0.3 is 20.1 Å². The molecule has 2 aromatic carbocycles. The first-order chi connectivity index (χ1) is 16.5. The number of rotatable bonds is 3. The van der Waals surface area contributed by atoms with Gasteiger partial charge in [0.2, 0.25) is 0 Å². The molecule has 7 heteroatoms. The van der Waals surface area contributed by atoms with Crippen LogP contribution in [0.5, 0.6) is 0 Å². The van der Waals surface area contributed by atoms with Crippen molar-refractivity contribution in [3.8, 4) is 34.0 Å². The van der Waals surface area contributed by atoms with Crippen LogP contribution in [0.1, 0.15) is 11.1 Å². The molecule has 0 aliphatic heterocycles. The Bertz CT molecular complexity index is 1260. The summed E-state index contributed by atoms with van der Waals surface area (Å²) in [5.74, 6) is 1.86. The first-order valence-corrected chi connectivity index (χ1v) is 10.6. The van der Waals surface area contributed by atoms with Crippen LogP contribution >= 0.6 is 0 Å². The van der Waals surface area contributed by atoms with Gasteiger partial charge in [-0.15, -0.1) is 59.2 Å². The van der Waals surface area contributed by atoms with Gasteiger partial charge in [-0.05, 0) is 11.8 Å². The summed E-state index contributed by atoms with van der Waals surface area (Å²) in [6, 6.07) is 22.5. The summed E-state index contributed by atoms with van der Waals surface area (Å²) in [6.07, 6.45) is 9.30. The zero-order valence-electron chi connectivity index (χ0n) is 20.0. The third-order valence-corrected chi connectivity index (χ3v) is 5.21. The van der Waals surface area contributed by atoms with Crippen molar-refractivity contribution in [3.05, 3.63) is 109 Å². The molecule has 0 fully saturated rings. The molecule has 5 aromatic rings. The van der Waals surface area contributed by atoms with Crippen molar-refractivity contribution in [1.29, 1.82) is 5.26 Å². The minimum Gasteiger partial charge on any atom is -0.512 e. The predicted octanol–water partition coefficient (Wildman–Crippen LogP) is 5.55. The normalized spacial score (nSPS) is 9.66. The van der Waals surface area contributed by atoms with Crippen molar-refractivity contribution in [2.45, 2.75) is 13.8 Å².